The van der Waals surface area contributed by atoms with Gasteiger partial charge in [-0.15, -0.1) is 11.3 Å². The highest BCUT2D eigenvalue weighted by molar-refractivity contribution is 7.18. The van der Waals surface area contributed by atoms with Crippen molar-refractivity contribution in [3.05, 3.63) is 51.0 Å². The van der Waals surface area contributed by atoms with Gasteiger partial charge >= 0.3 is 11.9 Å². The maximum Gasteiger partial charge on any atom is 0.348 e. The Labute approximate surface area is 177 Å². The van der Waals surface area contributed by atoms with Crippen LogP contribution in [0.3, 0.4) is 0 Å². The molecule has 0 atom stereocenters. The first-order valence-electron chi connectivity index (χ1n) is 8.95. The van der Waals surface area contributed by atoms with Gasteiger partial charge in [-0.25, -0.2) is 9.59 Å². The lowest BCUT2D eigenvalue weighted by atomic mass is 10.1. The van der Waals surface area contributed by atoms with Crippen LogP contribution in [0.15, 0.2) is 29.5 Å². The predicted molar refractivity (Wildman–Crippen MR) is 115 cm³/mol. The quantitative estimate of drug-likeness (QED) is 0.451. The minimum Gasteiger partial charge on any atom is -0.462 e. The van der Waals surface area contributed by atoms with Gasteiger partial charge in [-0.2, -0.15) is 11.3 Å². The molecule has 0 saturated heterocycles. The van der Waals surface area contributed by atoms with Gasteiger partial charge in [0.1, 0.15) is 16.5 Å². The number of hydrogen-bond acceptors (Lipinski definition) is 8. The third-order valence-electron chi connectivity index (χ3n) is 3.84. The number of hydrogen-bond donors (Lipinski definition) is 1. The van der Waals surface area contributed by atoms with E-state index in [0.717, 1.165) is 16.9 Å². The zero-order valence-electron chi connectivity index (χ0n) is 16.6. The molecule has 1 amide bonds. The Kier molecular flexibility index (Phi) is 8.56. The SMILES string of the molecule is C=CCOC(=O)c1sc(NC(=O)CN(C)Cc2ccsc2)c(C(=O)OCC)c1C. The van der Waals surface area contributed by atoms with E-state index in [1.807, 2.05) is 28.8 Å². The number of carbonyl (C=O) groups is 3. The van der Waals surface area contributed by atoms with Gasteiger partial charge in [0.25, 0.3) is 0 Å². The van der Waals surface area contributed by atoms with Crippen LogP contribution in [0.4, 0.5) is 5.00 Å². The summed E-state index contributed by atoms with van der Waals surface area (Å²) in [6, 6.07) is 2.00. The summed E-state index contributed by atoms with van der Waals surface area (Å²) in [4.78, 5) is 39.3. The van der Waals surface area contributed by atoms with Crippen molar-refractivity contribution in [3.63, 3.8) is 0 Å². The zero-order valence-corrected chi connectivity index (χ0v) is 18.3. The Morgan fingerprint density at radius 1 is 1.28 bits per heavy atom. The van der Waals surface area contributed by atoms with Gasteiger partial charge in [0.15, 0.2) is 0 Å². The van der Waals surface area contributed by atoms with E-state index in [2.05, 4.69) is 11.9 Å². The molecule has 156 valence electrons. The third-order valence-corrected chi connectivity index (χ3v) is 5.76. The zero-order chi connectivity index (χ0) is 21.4. The molecular formula is C20H24N2O5S2. The van der Waals surface area contributed by atoms with Crippen molar-refractivity contribution in [3.8, 4) is 0 Å². The molecule has 1 N–H and O–H groups in total. The number of anilines is 1. The van der Waals surface area contributed by atoms with Crippen molar-refractivity contribution in [2.45, 2.75) is 20.4 Å². The van der Waals surface area contributed by atoms with Gasteiger partial charge in [0, 0.05) is 6.54 Å². The lowest BCUT2D eigenvalue weighted by molar-refractivity contribution is -0.117. The van der Waals surface area contributed by atoms with Crippen LogP contribution in [-0.4, -0.2) is 49.6 Å². The Balaban J connectivity index is 2.18. The van der Waals surface area contributed by atoms with Crippen LogP contribution in [0.1, 0.15) is 38.1 Å². The Hall–Kier alpha value is -2.49. The van der Waals surface area contributed by atoms with Crippen LogP contribution in [0.25, 0.3) is 0 Å². The third kappa shape index (κ3) is 6.25. The van der Waals surface area contributed by atoms with E-state index < -0.39 is 11.9 Å². The number of ether oxygens (including phenoxy) is 2. The van der Waals surface area contributed by atoms with Crippen LogP contribution in [0.2, 0.25) is 0 Å². The maximum atomic E-state index is 12.5. The lowest BCUT2D eigenvalue weighted by Gasteiger charge is -2.15. The summed E-state index contributed by atoms with van der Waals surface area (Å²) in [6.07, 6.45) is 1.46. The largest absolute Gasteiger partial charge is 0.462 e. The molecular weight excluding hydrogens is 412 g/mol. The van der Waals surface area contributed by atoms with Crippen LogP contribution in [-0.2, 0) is 20.8 Å². The first-order valence-corrected chi connectivity index (χ1v) is 10.7. The number of rotatable bonds is 10. The highest BCUT2D eigenvalue weighted by Crippen LogP contribution is 2.34. The van der Waals surface area contributed by atoms with E-state index in [1.165, 1.54) is 6.08 Å². The van der Waals surface area contributed by atoms with Crippen molar-refractivity contribution in [1.29, 1.82) is 0 Å². The molecule has 0 bridgehead atoms. The molecule has 0 fully saturated rings. The Bertz CT molecular complexity index is 874. The van der Waals surface area contributed by atoms with Crippen molar-refractivity contribution in [1.82, 2.24) is 4.90 Å². The normalized spacial score (nSPS) is 10.6. The summed E-state index contributed by atoms with van der Waals surface area (Å²) < 4.78 is 10.2. The van der Waals surface area contributed by atoms with Crippen molar-refractivity contribution in [2.24, 2.45) is 0 Å². The summed E-state index contributed by atoms with van der Waals surface area (Å²) in [7, 11) is 1.83. The Morgan fingerprint density at radius 3 is 2.66 bits per heavy atom. The minimum absolute atomic E-state index is 0.0555. The molecule has 29 heavy (non-hydrogen) atoms. The fraction of sp³-hybridized carbons (Fsp3) is 0.350. The number of nitrogens with one attached hydrogen (secondary N) is 1. The molecule has 0 aliphatic rings. The molecule has 0 aromatic carbocycles. The van der Waals surface area contributed by atoms with Crippen molar-refractivity contribution >= 4 is 45.5 Å². The van der Waals surface area contributed by atoms with Gasteiger partial charge in [-0.05, 0) is 48.8 Å². The first kappa shape index (κ1) is 22.8. The smallest absolute Gasteiger partial charge is 0.348 e. The molecule has 2 rings (SSSR count). The molecule has 0 unspecified atom stereocenters. The molecule has 7 nitrogen and oxygen atoms in total. The van der Waals surface area contributed by atoms with Gasteiger partial charge in [0.2, 0.25) is 5.91 Å². The highest BCUT2D eigenvalue weighted by atomic mass is 32.1. The fourth-order valence-corrected chi connectivity index (χ4v) is 4.37. The van der Waals surface area contributed by atoms with Crippen molar-refractivity contribution in [2.75, 3.05) is 32.1 Å². The minimum atomic E-state index is -0.592. The van der Waals surface area contributed by atoms with Gasteiger partial charge < -0.3 is 14.8 Å². The average molecular weight is 437 g/mol. The standard InChI is InChI=1S/C20H24N2O5S2/c1-5-8-27-20(25)17-13(3)16(19(24)26-6-2)18(29-17)21-15(23)11-22(4)10-14-7-9-28-12-14/h5,7,9,12H,1,6,8,10-11H2,2-4H3,(H,21,23). The second-order valence-electron chi connectivity index (χ2n) is 6.22. The summed E-state index contributed by atoms with van der Waals surface area (Å²) in [5.41, 5.74) is 1.72. The highest BCUT2D eigenvalue weighted by Gasteiger charge is 2.27. The predicted octanol–water partition coefficient (Wildman–Crippen LogP) is 3.71. The molecule has 0 saturated carbocycles. The molecule has 2 aromatic heterocycles. The molecule has 2 heterocycles. The Morgan fingerprint density at radius 2 is 2.03 bits per heavy atom. The molecule has 2 aromatic rings. The molecule has 0 radical (unpaired) electrons. The first-order chi connectivity index (χ1) is 13.9. The second kappa shape index (κ2) is 10.9. The summed E-state index contributed by atoms with van der Waals surface area (Å²) in [6.45, 7) is 7.83. The van der Waals surface area contributed by atoms with E-state index in [9.17, 15) is 14.4 Å². The van der Waals surface area contributed by atoms with E-state index in [-0.39, 0.29) is 41.1 Å². The van der Waals surface area contributed by atoms with Crippen LogP contribution in [0.5, 0.6) is 0 Å². The lowest BCUT2D eigenvalue weighted by Crippen LogP contribution is -2.30. The van der Waals surface area contributed by atoms with Crippen LogP contribution >= 0.6 is 22.7 Å². The van der Waals surface area contributed by atoms with Crippen LogP contribution in [0, 0.1) is 6.92 Å². The van der Waals surface area contributed by atoms with Crippen LogP contribution < -0.4 is 5.32 Å². The topological polar surface area (TPSA) is 84.9 Å². The summed E-state index contributed by atoms with van der Waals surface area (Å²) in [5.74, 6) is -1.46. The monoisotopic (exact) mass is 436 g/mol. The average Bonchev–Trinajstić information content (AvgIpc) is 3.27. The number of carbonyl (C=O) groups excluding carboxylic acids is 3. The van der Waals surface area contributed by atoms with E-state index >= 15 is 0 Å². The van der Waals surface area contributed by atoms with Gasteiger partial charge in [-0.3, -0.25) is 9.69 Å². The van der Waals surface area contributed by atoms with E-state index in [4.69, 9.17) is 9.47 Å². The second-order valence-corrected chi connectivity index (χ2v) is 8.02. The molecule has 0 aliphatic carbocycles. The number of amides is 1. The molecule has 0 aliphatic heterocycles. The van der Waals surface area contributed by atoms with Crippen molar-refractivity contribution < 1.29 is 23.9 Å². The van der Waals surface area contributed by atoms with Gasteiger partial charge in [-0.1, -0.05) is 12.7 Å². The summed E-state index contributed by atoms with van der Waals surface area (Å²) >= 11 is 2.60. The number of likely N-dealkylation sites (N-methyl/N-ethyl adjacent to an activating group) is 1. The summed E-state index contributed by atoms with van der Waals surface area (Å²) in [5, 5.41) is 7.03. The fourth-order valence-electron chi connectivity index (χ4n) is 2.61. The molecule has 9 heteroatoms. The van der Waals surface area contributed by atoms with Gasteiger partial charge in [0.05, 0.1) is 18.7 Å². The van der Waals surface area contributed by atoms with E-state index in [0.29, 0.717) is 12.1 Å². The number of thiophene rings is 2. The van der Waals surface area contributed by atoms with E-state index in [1.54, 1.807) is 25.2 Å². The number of nitrogens with zero attached hydrogens (tertiary/aromatic N) is 1. The number of esters is 2. The molecule has 0 spiro atoms. The maximum absolute atomic E-state index is 12.5.